The molecule has 0 spiro atoms. The number of carbonyl (C=O) groups is 2. The van der Waals surface area contributed by atoms with Crippen molar-refractivity contribution in [3.63, 3.8) is 0 Å². The Morgan fingerprint density at radius 1 is 1.21 bits per heavy atom. The van der Waals surface area contributed by atoms with Crippen LogP contribution >= 0.6 is 0 Å². The average molecular weight is 396 g/mol. The highest BCUT2D eigenvalue weighted by Gasteiger charge is 2.32. The molecule has 4 rings (SSSR count). The Balaban J connectivity index is 1.26. The van der Waals surface area contributed by atoms with Gasteiger partial charge >= 0.3 is 0 Å². The van der Waals surface area contributed by atoms with Crippen LogP contribution in [0.25, 0.3) is 0 Å². The van der Waals surface area contributed by atoms with E-state index in [4.69, 9.17) is 0 Å². The molecule has 2 aliphatic rings. The first-order chi connectivity index (χ1) is 14.0. The van der Waals surface area contributed by atoms with Crippen LogP contribution in [-0.2, 0) is 29.1 Å². The highest BCUT2D eigenvalue weighted by Crippen LogP contribution is 2.24. The molecule has 2 amide bonds. The lowest BCUT2D eigenvalue weighted by atomic mass is 10.00. The number of nitrogens with zero attached hydrogens (tertiary/aromatic N) is 4. The van der Waals surface area contributed by atoms with E-state index in [1.165, 1.54) is 11.1 Å². The fourth-order valence-corrected chi connectivity index (χ4v) is 4.28. The Morgan fingerprint density at radius 3 is 2.83 bits per heavy atom. The lowest BCUT2D eigenvalue weighted by Crippen LogP contribution is -2.51. The van der Waals surface area contributed by atoms with E-state index in [1.807, 2.05) is 17.7 Å². The number of aromatic nitrogens is 2. The van der Waals surface area contributed by atoms with Crippen LogP contribution in [0.3, 0.4) is 0 Å². The van der Waals surface area contributed by atoms with E-state index < -0.39 is 6.04 Å². The smallest absolute Gasteiger partial charge is 0.242 e. The lowest BCUT2D eigenvalue weighted by molar-refractivity contribution is -0.126. The molecule has 1 atom stereocenters. The molecule has 1 N–H and O–H groups in total. The molecule has 2 aliphatic heterocycles. The van der Waals surface area contributed by atoms with Gasteiger partial charge in [-0.1, -0.05) is 24.3 Å². The molecule has 0 radical (unpaired) electrons. The van der Waals surface area contributed by atoms with Gasteiger partial charge in [-0.2, -0.15) is 5.10 Å². The number of rotatable bonds is 6. The summed E-state index contributed by atoms with van der Waals surface area (Å²) in [5, 5.41) is 7.41. The minimum Gasteiger partial charge on any atom is -0.354 e. The molecular formula is C22H29N5O2. The zero-order valence-corrected chi connectivity index (χ0v) is 17.2. The molecule has 0 fully saturated rings. The number of fused-ring (bicyclic) bond motifs is 2. The van der Waals surface area contributed by atoms with Gasteiger partial charge in [-0.25, -0.2) is 4.68 Å². The van der Waals surface area contributed by atoms with Gasteiger partial charge in [0.05, 0.1) is 12.2 Å². The molecule has 0 saturated heterocycles. The van der Waals surface area contributed by atoms with E-state index in [0.29, 0.717) is 25.3 Å². The Hall–Kier alpha value is -2.67. The van der Waals surface area contributed by atoms with Gasteiger partial charge in [0.1, 0.15) is 11.9 Å². The first kappa shape index (κ1) is 19.6. The Bertz CT molecular complexity index is 906. The van der Waals surface area contributed by atoms with Crippen molar-refractivity contribution in [1.29, 1.82) is 0 Å². The number of amides is 2. The summed E-state index contributed by atoms with van der Waals surface area (Å²) in [7, 11) is 0. The van der Waals surface area contributed by atoms with Crippen molar-refractivity contribution in [2.45, 2.75) is 52.2 Å². The van der Waals surface area contributed by atoms with Gasteiger partial charge < -0.3 is 5.32 Å². The number of benzene rings is 1. The standard InChI is InChI=1S/C22H29N5O2/c1-16-14-20-26(24-16)13-9-21(28)27(20)17(2)22(29)23-10-5-11-25-12-8-18-6-3-4-7-19(18)15-25/h3-4,6-7,14,17H,5,8-13,15H2,1-2H3,(H,23,29). The van der Waals surface area contributed by atoms with Gasteiger partial charge in [0, 0.05) is 38.7 Å². The SMILES string of the molecule is Cc1cc2n(n1)CCC(=O)N2C(C)C(=O)NCCCN1CCc2ccccc2C1. The molecule has 2 aromatic rings. The number of hydrogen-bond acceptors (Lipinski definition) is 4. The molecule has 7 nitrogen and oxygen atoms in total. The van der Waals surface area contributed by atoms with Crippen molar-refractivity contribution in [2.24, 2.45) is 0 Å². The molecule has 29 heavy (non-hydrogen) atoms. The summed E-state index contributed by atoms with van der Waals surface area (Å²) in [4.78, 5) is 29.1. The van der Waals surface area contributed by atoms with Crippen LogP contribution in [-0.4, -0.2) is 52.2 Å². The summed E-state index contributed by atoms with van der Waals surface area (Å²) in [6.45, 7) is 7.87. The quantitative estimate of drug-likeness (QED) is 0.759. The Morgan fingerprint density at radius 2 is 2.00 bits per heavy atom. The van der Waals surface area contributed by atoms with E-state index in [0.717, 1.165) is 38.2 Å². The van der Waals surface area contributed by atoms with E-state index in [1.54, 1.807) is 11.8 Å². The minimum absolute atomic E-state index is 0.0213. The number of aryl methyl sites for hydroxylation is 2. The molecule has 1 aromatic heterocycles. The van der Waals surface area contributed by atoms with E-state index >= 15 is 0 Å². The third kappa shape index (κ3) is 4.19. The fraction of sp³-hybridized carbons (Fsp3) is 0.500. The highest BCUT2D eigenvalue weighted by atomic mass is 16.2. The van der Waals surface area contributed by atoms with Gasteiger partial charge in [0.25, 0.3) is 0 Å². The largest absolute Gasteiger partial charge is 0.354 e. The maximum absolute atomic E-state index is 12.7. The van der Waals surface area contributed by atoms with Crippen LogP contribution in [0.2, 0.25) is 0 Å². The van der Waals surface area contributed by atoms with Gasteiger partial charge in [-0.15, -0.1) is 0 Å². The summed E-state index contributed by atoms with van der Waals surface area (Å²) in [6.07, 6.45) is 2.36. The summed E-state index contributed by atoms with van der Waals surface area (Å²) in [5.74, 6) is 0.579. The first-order valence-electron chi connectivity index (χ1n) is 10.5. The molecule has 3 heterocycles. The second-order valence-electron chi connectivity index (χ2n) is 8.00. The summed E-state index contributed by atoms with van der Waals surface area (Å²) < 4.78 is 1.81. The summed E-state index contributed by atoms with van der Waals surface area (Å²) in [5.41, 5.74) is 3.72. The van der Waals surface area contributed by atoms with Gasteiger partial charge in [-0.05, 0) is 37.8 Å². The van der Waals surface area contributed by atoms with Crippen molar-refractivity contribution < 1.29 is 9.59 Å². The third-order valence-electron chi connectivity index (χ3n) is 5.86. The van der Waals surface area contributed by atoms with Crippen LogP contribution in [0.4, 0.5) is 5.82 Å². The second-order valence-corrected chi connectivity index (χ2v) is 8.00. The topological polar surface area (TPSA) is 70.5 Å². The van der Waals surface area contributed by atoms with Crippen LogP contribution in [0.1, 0.15) is 36.6 Å². The van der Waals surface area contributed by atoms with Crippen molar-refractivity contribution >= 4 is 17.6 Å². The normalized spacial score (nSPS) is 17.6. The Kier molecular flexibility index (Phi) is 5.67. The predicted molar refractivity (Wildman–Crippen MR) is 112 cm³/mol. The van der Waals surface area contributed by atoms with Crippen LogP contribution < -0.4 is 10.2 Å². The highest BCUT2D eigenvalue weighted by molar-refractivity contribution is 6.00. The first-order valence-corrected chi connectivity index (χ1v) is 10.5. The maximum Gasteiger partial charge on any atom is 0.242 e. The van der Waals surface area contributed by atoms with Crippen LogP contribution in [0.5, 0.6) is 0 Å². The van der Waals surface area contributed by atoms with E-state index in [9.17, 15) is 9.59 Å². The predicted octanol–water partition coefficient (Wildman–Crippen LogP) is 1.88. The molecule has 0 saturated carbocycles. The summed E-state index contributed by atoms with van der Waals surface area (Å²) >= 11 is 0. The molecule has 0 aliphatic carbocycles. The molecular weight excluding hydrogens is 366 g/mol. The Labute approximate surface area is 171 Å². The van der Waals surface area contributed by atoms with Gasteiger partial charge in [0.15, 0.2) is 0 Å². The second kappa shape index (κ2) is 8.37. The number of anilines is 1. The number of carbonyl (C=O) groups excluding carboxylic acids is 2. The third-order valence-corrected chi connectivity index (χ3v) is 5.86. The molecule has 1 aromatic carbocycles. The van der Waals surface area contributed by atoms with Gasteiger partial charge in [-0.3, -0.25) is 19.4 Å². The van der Waals surface area contributed by atoms with Crippen molar-refractivity contribution in [2.75, 3.05) is 24.5 Å². The molecule has 154 valence electrons. The lowest BCUT2D eigenvalue weighted by Gasteiger charge is -2.32. The fourth-order valence-electron chi connectivity index (χ4n) is 4.28. The van der Waals surface area contributed by atoms with Crippen LogP contribution in [0, 0.1) is 6.92 Å². The number of nitrogens with one attached hydrogen (secondary N) is 1. The minimum atomic E-state index is -0.542. The number of hydrogen-bond donors (Lipinski definition) is 1. The molecule has 7 heteroatoms. The van der Waals surface area contributed by atoms with Crippen molar-refractivity contribution in [1.82, 2.24) is 20.0 Å². The zero-order chi connectivity index (χ0) is 20.4. The average Bonchev–Trinajstić information content (AvgIpc) is 3.10. The molecule has 0 bridgehead atoms. The van der Waals surface area contributed by atoms with E-state index in [-0.39, 0.29) is 11.8 Å². The van der Waals surface area contributed by atoms with Crippen molar-refractivity contribution in [3.8, 4) is 0 Å². The monoisotopic (exact) mass is 395 g/mol. The van der Waals surface area contributed by atoms with E-state index in [2.05, 4.69) is 39.6 Å². The zero-order valence-electron chi connectivity index (χ0n) is 17.2. The maximum atomic E-state index is 12.7. The van der Waals surface area contributed by atoms with Crippen molar-refractivity contribution in [3.05, 3.63) is 47.2 Å². The molecule has 1 unspecified atom stereocenters. The summed E-state index contributed by atoms with van der Waals surface area (Å²) in [6, 6.07) is 9.94. The van der Waals surface area contributed by atoms with Gasteiger partial charge in [0.2, 0.25) is 11.8 Å². The van der Waals surface area contributed by atoms with Crippen LogP contribution in [0.15, 0.2) is 30.3 Å².